The summed E-state index contributed by atoms with van der Waals surface area (Å²) in [5.74, 6) is -0.282. The molecule has 0 bridgehead atoms. The molecule has 1 aromatic heterocycles. The molecule has 0 aliphatic heterocycles. The Kier molecular flexibility index (Phi) is 4.80. The van der Waals surface area contributed by atoms with Crippen molar-refractivity contribution < 1.29 is 9.53 Å². The number of hydrogen-bond acceptors (Lipinski definition) is 5. The van der Waals surface area contributed by atoms with Crippen molar-refractivity contribution in [2.75, 3.05) is 19.1 Å². The average molecular weight is 282 g/mol. The minimum atomic E-state index is -0.282. The van der Waals surface area contributed by atoms with Gasteiger partial charge in [-0.3, -0.25) is 0 Å². The number of thiazole rings is 1. The van der Waals surface area contributed by atoms with Gasteiger partial charge in [0.25, 0.3) is 0 Å². The minimum Gasteiger partial charge on any atom is -0.465 e. The SMILES string of the molecule is COC(=O)c1sc(N(C)C2CCCCCC2)nc1C. The molecule has 0 atom stereocenters. The fourth-order valence-electron chi connectivity index (χ4n) is 2.62. The first-order valence-corrected chi connectivity index (χ1v) is 7.73. The Bertz CT molecular complexity index is 437. The predicted octanol–water partition coefficient (Wildman–Crippen LogP) is 3.40. The summed E-state index contributed by atoms with van der Waals surface area (Å²) in [6.45, 7) is 1.87. The van der Waals surface area contributed by atoms with Crippen LogP contribution < -0.4 is 4.90 Å². The molecule has 0 radical (unpaired) electrons. The van der Waals surface area contributed by atoms with Crippen LogP contribution in [0.1, 0.15) is 53.9 Å². The van der Waals surface area contributed by atoms with Crippen LogP contribution in [0, 0.1) is 6.92 Å². The van der Waals surface area contributed by atoms with Crippen LogP contribution in [0.3, 0.4) is 0 Å². The van der Waals surface area contributed by atoms with Gasteiger partial charge < -0.3 is 9.64 Å². The molecule has 106 valence electrons. The number of anilines is 1. The van der Waals surface area contributed by atoms with Gasteiger partial charge in [0, 0.05) is 13.1 Å². The maximum Gasteiger partial charge on any atom is 0.350 e. The van der Waals surface area contributed by atoms with E-state index >= 15 is 0 Å². The highest BCUT2D eigenvalue weighted by molar-refractivity contribution is 7.17. The molecule has 0 saturated heterocycles. The Morgan fingerprint density at radius 3 is 2.53 bits per heavy atom. The van der Waals surface area contributed by atoms with Gasteiger partial charge in [0.05, 0.1) is 12.8 Å². The summed E-state index contributed by atoms with van der Waals surface area (Å²) < 4.78 is 4.79. The average Bonchev–Trinajstić information content (AvgIpc) is 2.65. The molecule has 0 amide bonds. The highest BCUT2D eigenvalue weighted by Crippen LogP contribution is 2.30. The molecule has 1 fully saturated rings. The topological polar surface area (TPSA) is 42.4 Å². The van der Waals surface area contributed by atoms with Crippen molar-refractivity contribution in [3.63, 3.8) is 0 Å². The minimum absolute atomic E-state index is 0.282. The van der Waals surface area contributed by atoms with E-state index in [1.54, 1.807) is 0 Å². The summed E-state index contributed by atoms with van der Waals surface area (Å²) in [5, 5.41) is 0.935. The molecule has 1 aliphatic carbocycles. The zero-order chi connectivity index (χ0) is 13.8. The highest BCUT2D eigenvalue weighted by atomic mass is 32.1. The second-order valence-corrected chi connectivity index (χ2v) is 6.14. The van der Waals surface area contributed by atoms with Gasteiger partial charge in [-0.15, -0.1) is 0 Å². The van der Waals surface area contributed by atoms with Gasteiger partial charge in [-0.25, -0.2) is 9.78 Å². The molecule has 0 unspecified atom stereocenters. The lowest BCUT2D eigenvalue weighted by molar-refractivity contribution is 0.0605. The number of methoxy groups -OCH3 is 1. The summed E-state index contributed by atoms with van der Waals surface area (Å²) >= 11 is 1.44. The van der Waals surface area contributed by atoms with Gasteiger partial charge >= 0.3 is 5.97 Å². The van der Waals surface area contributed by atoms with Crippen LogP contribution in [0.15, 0.2) is 0 Å². The first-order chi connectivity index (χ1) is 9.13. The monoisotopic (exact) mass is 282 g/mol. The maximum atomic E-state index is 11.6. The number of aromatic nitrogens is 1. The highest BCUT2D eigenvalue weighted by Gasteiger charge is 2.22. The molecule has 1 aliphatic rings. The van der Waals surface area contributed by atoms with Gasteiger partial charge in [0.1, 0.15) is 4.88 Å². The van der Waals surface area contributed by atoms with E-state index in [1.165, 1.54) is 57.0 Å². The van der Waals surface area contributed by atoms with Gasteiger partial charge in [0.15, 0.2) is 5.13 Å². The van der Waals surface area contributed by atoms with E-state index in [1.807, 2.05) is 6.92 Å². The normalized spacial score (nSPS) is 17.0. The lowest BCUT2D eigenvalue weighted by atomic mass is 10.1. The van der Waals surface area contributed by atoms with Crippen LogP contribution in [0.2, 0.25) is 0 Å². The molecule has 1 aromatic rings. The molecule has 1 heterocycles. The maximum absolute atomic E-state index is 11.6. The third kappa shape index (κ3) is 3.26. The summed E-state index contributed by atoms with van der Waals surface area (Å²) in [6.07, 6.45) is 7.72. The van der Waals surface area contributed by atoms with E-state index in [0.717, 1.165) is 10.8 Å². The third-order valence-corrected chi connectivity index (χ3v) is 5.06. The second kappa shape index (κ2) is 6.37. The largest absolute Gasteiger partial charge is 0.465 e. The summed E-state index contributed by atoms with van der Waals surface area (Å²) in [7, 11) is 3.51. The number of carbonyl (C=O) groups is 1. The number of aryl methyl sites for hydroxylation is 1. The zero-order valence-corrected chi connectivity index (χ0v) is 12.8. The molecule has 2 rings (SSSR count). The van der Waals surface area contributed by atoms with Crippen LogP contribution in [0.4, 0.5) is 5.13 Å². The van der Waals surface area contributed by atoms with Crippen molar-refractivity contribution in [2.24, 2.45) is 0 Å². The standard InChI is InChI=1S/C14H22N2O2S/c1-10-12(13(17)18-3)19-14(15-10)16(2)11-8-6-4-5-7-9-11/h11H,4-9H2,1-3H3. The van der Waals surface area contributed by atoms with Crippen molar-refractivity contribution in [3.8, 4) is 0 Å². The first kappa shape index (κ1) is 14.3. The van der Waals surface area contributed by atoms with Crippen LogP contribution in [0.5, 0.6) is 0 Å². The molecular formula is C14H22N2O2S. The number of rotatable bonds is 3. The number of carbonyl (C=O) groups excluding carboxylic acids is 1. The van der Waals surface area contributed by atoms with Crippen LogP contribution in [-0.2, 0) is 4.74 Å². The van der Waals surface area contributed by atoms with Gasteiger partial charge in [-0.05, 0) is 19.8 Å². The molecule has 5 heteroatoms. The molecule has 0 aromatic carbocycles. The van der Waals surface area contributed by atoms with Gasteiger partial charge in [-0.1, -0.05) is 37.0 Å². The van der Waals surface area contributed by atoms with Crippen molar-refractivity contribution in [1.82, 2.24) is 4.98 Å². The Morgan fingerprint density at radius 1 is 1.32 bits per heavy atom. The van der Waals surface area contributed by atoms with E-state index in [-0.39, 0.29) is 5.97 Å². The Morgan fingerprint density at radius 2 is 1.95 bits per heavy atom. The number of hydrogen-bond donors (Lipinski definition) is 0. The van der Waals surface area contributed by atoms with Crippen LogP contribution in [-0.4, -0.2) is 31.2 Å². The van der Waals surface area contributed by atoms with Gasteiger partial charge in [0.2, 0.25) is 0 Å². The predicted molar refractivity (Wildman–Crippen MR) is 78.1 cm³/mol. The van der Waals surface area contributed by atoms with Crippen molar-refractivity contribution in [3.05, 3.63) is 10.6 Å². The summed E-state index contributed by atoms with van der Waals surface area (Å²) in [6, 6.07) is 0.554. The smallest absolute Gasteiger partial charge is 0.350 e. The van der Waals surface area contributed by atoms with E-state index in [0.29, 0.717) is 10.9 Å². The van der Waals surface area contributed by atoms with E-state index in [9.17, 15) is 4.79 Å². The fourth-order valence-corrected chi connectivity index (χ4v) is 3.63. The van der Waals surface area contributed by atoms with E-state index < -0.39 is 0 Å². The van der Waals surface area contributed by atoms with Crippen molar-refractivity contribution in [1.29, 1.82) is 0 Å². The summed E-state index contributed by atoms with van der Waals surface area (Å²) in [5.41, 5.74) is 0.771. The molecule has 19 heavy (non-hydrogen) atoms. The Balaban J connectivity index is 2.14. The van der Waals surface area contributed by atoms with Crippen LogP contribution in [0.25, 0.3) is 0 Å². The number of esters is 1. The third-order valence-electron chi connectivity index (χ3n) is 3.83. The zero-order valence-electron chi connectivity index (χ0n) is 11.9. The molecule has 0 spiro atoms. The molecule has 0 N–H and O–H groups in total. The number of ether oxygens (including phenoxy) is 1. The Hall–Kier alpha value is -1.10. The lowest BCUT2D eigenvalue weighted by Crippen LogP contribution is -2.30. The molecule has 1 saturated carbocycles. The Labute approximate surface area is 118 Å². The second-order valence-electron chi connectivity index (χ2n) is 5.16. The summed E-state index contributed by atoms with van der Waals surface area (Å²) in [4.78, 5) is 19.0. The quantitative estimate of drug-likeness (QED) is 0.629. The molecule has 4 nitrogen and oxygen atoms in total. The van der Waals surface area contributed by atoms with Crippen molar-refractivity contribution >= 4 is 22.4 Å². The fraction of sp³-hybridized carbons (Fsp3) is 0.714. The van der Waals surface area contributed by atoms with Crippen LogP contribution >= 0.6 is 11.3 Å². The van der Waals surface area contributed by atoms with E-state index in [4.69, 9.17) is 4.74 Å². The number of nitrogens with zero attached hydrogens (tertiary/aromatic N) is 2. The molecular weight excluding hydrogens is 260 g/mol. The lowest BCUT2D eigenvalue weighted by Gasteiger charge is -2.26. The van der Waals surface area contributed by atoms with Gasteiger partial charge in [-0.2, -0.15) is 0 Å². The van der Waals surface area contributed by atoms with Crippen molar-refractivity contribution in [2.45, 2.75) is 51.5 Å². The van der Waals surface area contributed by atoms with E-state index in [2.05, 4.69) is 16.9 Å². The first-order valence-electron chi connectivity index (χ1n) is 6.92.